The summed E-state index contributed by atoms with van der Waals surface area (Å²) in [4.78, 5) is 2.51. The molecule has 0 bridgehead atoms. The number of hydrogen-bond acceptors (Lipinski definition) is 1. The summed E-state index contributed by atoms with van der Waals surface area (Å²) in [7, 11) is 0. The van der Waals surface area contributed by atoms with Crippen molar-refractivity contribution in [2.24, 2.45) is 0 Å². The summed E-state index contributed by atoms with van der Waals surface area (Å²) in [5, 5.41) is 2.51. The summed E-state index contributed by atoms with van der Waals surface area (Å²) >= 11 is 0. The lowest BCUT2D eigenvalue weighted by atomic mass is 9.67. The van der Waals surface area contributed by atoms with E-state index in [4.69, 9.17) is 0 Å². The predicted octanol–water partition coefficient (Wildman–Crippen LogP) is 17.2. The average Bonchev–Trinajstić information content (AvgIpc) is 3.96. The molecule has 1 heterocycles. The van der Waals surface area contributed by atoms with Crippen molar-refractivity contribution in [1.29, 1.82) is 0 Å². The van der Waals surface area contributed by atoms with Gasteiger partial charge < -0.3 is 9.47 Å². The van der Waals surface area contributed by atoms with Crippen molar-refractivity contribution < 1.29 is 0 Å². The van der Waals surface area contributed by atoms with Crippen LogP contribution in [0.1, 0.15) is 58.4 Å². The highest BCUT2D eigenvalue weighted by Crippen LogP contribution is 2.59. The van der Waals surface area contributed by atoms with Gasteiger partial charge in [0.1, 0.15) is 0 Å². The number of aromatic nitrogens is 1. The van der Waals surface area contributed by atoms with Gasteiger partial charge in [0.05, 0.1) is 22.1 Å². The summed E-state index contributed by atoms with van der Waals surface area (Å²) in [6.07, 6.45) is 0. The second-order valence-corrected chi connectivity index (χ2v) is 19.3. The molecule has 11 aromatic rings. The normalized spacial score (nSPS) is 13.8. The molecular weight excluding hydrogens is 821 g/mol. The first-order chi connectivity index (χ1) is 33.3. The third kappa shape index (κ3) is 5.70. The smallest absolute Gasteiger partial charge is 0.0715 e. The summed E-state index contributed by atoms with van der Waals surface area (Å²) in [6, 6.07) is 86.3. The quantitative estimate of drug-likeness (QED) is 0.155. The maximum Gasteiger partial charge on any atom is 0.0715 e. The first-order valence-corrected chi connectivity index (χ1v) is 23.9. The van der Waals surface area contributed by atoms with Crippen LogP contribution in [0.2, 0.25) is 0 Å². The molecule has 2 aliphatic rings. The van der Waals surface area contributed by atoms with Gasteiger partial charge in [-0.25, -0.2) is 0 Å². The van der Waals surface area contributed by atoms with E-state index in [9.17, 15) is 0 Å². The average molecular weight is 871 g/mol. The molecule has 0 aliphatic heterocycles. The number of para-hydroxylation sites is 2. The number of rotatable bonds is 7. The third-order valence-corrected chi connectivity index (χ3v) is 15.3. The van der Waals surface area contributed by atoms with Crippen LogP contribution < -0.4 is 4.90 Å². The second kappa shape index (κ2) is 15.2. The molecule has 0 atom stereocenters. The minimum absolute atomic E-state index is 0.156. The first-order valence-electron chi connectivity index (χ1n) is 23.9. The van der Waals surface area contributed by atoms with Gasteiger partial charge in [-0.3, -0.25) is 0 Å². The number of aryl methyl sites for hydroxylation is 2. The Hall–Kier alpha value is -8.20. The summed E-state index contributed by atoms with van der Waals surface area (Å²) < 4.78 is 2.50. The van der Waals surface area contributed by atoms with Gasteiger partial charge in [0.2, 0.25) is 0 Å². The lowest BCUT2D eigenvalue weighted by Gasteiger charge is -2.35. The fourth-order valence-corrected chi connectivity index (χ4v) is 12.3. The number of fused-ring (bicyclic) bond motifs is 9. The molecule has 2 aliphatic carbocycles. The van der Waals surface area contributed by atoms with Gasteiger partial charge in [-0.05, 0) is 141 Å². The van der Waals surface area contributed by atoms with Crippen LogP contribution in [0, 0.1) is 13.8 Å². The SMILES string of the molecule is Cc1ccccc1-c1ccc(N(c2ccc3c(c2)C(C)(C)c2ccccc2-3)c2ccc3c(c2)C(c2ccccc2)(c2ccccc2)c2cccc(-n4c5ccccc5c5ccccc54)c2-3)cc1C. The zero-order valence-electron chi connectivity index (χ0n) is 38.8. The van der Waals surface area contributed by atoms with Gasteiger partial charge >= 0.3 is 0 Å². The summed E-state index contributed by atoms with van der Waals surface area (Å²) in [5.74, 6) is 0. The van der Waals surface area contributed by atoms with E-state index < -0.39 is 5.41 Å². The maximum absolute atomic E-state index is 2.52. The molecule has 0 unspecified atom stereocenters. The largest absolute Gasteiger partial charge is 0.310 e. The van der Waals surface area contributed by atoms with Gasteiger partial charge in [0.15, 0.2) is 0 Å². The van der Waals surface area contributed by atoms with Crippen LogP contribution in [0.4, 0.5) is 17.1 Å². The molecule has 0 N–H and O–H groups in total. The van der Waals surface area contributed by atoms with Crippen LogP contribution in [0.25, 0.3) is 60.9 Å². The van der Waals surface area contributed by atoms with Gasteiger partial charge in [-0.2, -0.15) is 0 Å². The highest BCUT2D eigenvalue weighted by Gasteiger charge is 2.48. The van der Waals surface area contributed by atoms with Crippen LogP contribution in [0.5, 0.6) is 0 Å². The standard InChI is InChI=1S/C66H50N2/c1-43-20-11-12-25-50(43)51-37-34-47(40-44(51)2)67(48-35-38-53-52-26-13-16-29-57(52)65(3,4)59(53)41-48)49-36-39-56-60(42-49)66(45-21-7-5-8-22-45,46-23-9-6-10-24-46)58-30-19-33-63(64(56)58)68-61-31-17-14-27-54(61)55-28-15-18-32-62(55)68/h5-42H,1-4H3. The highest BCUT2D eigenvalue weighted by atomic mass is 15.1. The first kappa shape index (κ1) is 40.1. The van der Waals surface area contributed by atoms with Gasteiger partial charge in [-0.15, -0.1) is 0 Å². The molecule has 0 saturated heterocycles. The summed E-state index contributed by atoms with van der Waals surface area (Å²) in [6.45, 7) is 9.22. The van der Waals surface area contributed by atoms with E-state index in [0.29, 0.717) is 0 Å². The molecule has 0 saturated carbocycles. The highest BCUT2D eigenvalue weighted by molar-refractivity contribution is 6.10. The van der Waals surface area contributed by atoms with Crippen molar-refractivity contribution in [2.45, 2.75) is 38.5 Å². The Morgan fingerprint density at radius 3 is 1.49 bits per heavy atom. The number of anilines is 3. The van der Waals surface area contributed by atoms with Crippen molar-refractivity contribution in [3.05, 3.63) is 275 Å². The molecule has 1 aromatic heterocycles. The van der Waals surface area contributed by atoms with E-state index in [1.165, 1.54) is 105 Å². The third-order valence-electron chi connectivity index (χ3n) is 15.3. The van der Waals surface area contributed by atoms with Gasteiger partial charge in [0, 0.05) is 38.8 Å². The number of hydrogen-bond donors (Lipinski definition) is 0. The molecule has 0 radical (unpaired) electrons. The zero-order valence-corrected chi connectivity index (χ0v) is 38.8. The van der Waals surface area contributed by atoms with Crippen molar-refractivity contribution in [3.63, 3.8) is 0 Å². The Labute approximate surface area is 399 Å². The van der Waals surface area contributed by atoms with Gasteiger partial charge in [0.25, 0.3) is 0 Å². The fraction of sp³-hybridized carbons (Fsp3) is 0.0909. The topological polar surface area (TPSA) is 8.17 Å². The van der Waals surface area contributed by atoms with E-state index in [1.807, 2.05) is 0 Å². The fourth-order valence-electron chi connectivity index (χ4n) is 12.3. The van der Waals surface area contributed by atoms with E-state index in [-0.39, 0.29) is 5.41 Å². The lowest BCUT2D eigenvalue weighted by Crippen LogP contribution is -2.28. The van der Waals surface area contributed by atoms with Crippen LogP contribution in [-0.4, -0.2) is 4.57 Å². The molecule has 2 nitrogen and oxygen atoms in total. The lowest BCUT2D eigenvalue weighted by molar-refractivity contribution is 0.660. The molecule has 13 rings (SSSR count). The monoisotopic (exact) mass is 870 g/mol. The molecule has 2 heteroatoms. The van der Waals surface area contributed by atoms with Crippen LogP contribution in [0.3, 0.4) is 0 Å². The number of nitrogens with zero attached hydrogens (tertiary/aromatic N) is 2. The van der Waals surface area contributed by atoms with Crippen LogP contribution in [0.15, 0.2) is 231 Å². The van der Waals surface area contributed by atoms with Crippen molar-refractivity contribution in [3.8, 4) is 39.1 Å². The predicted molar refractivity (Wildman–Crippen MR) is 285 cm³/mol. The van der Waals surface area contributed by atoms with Crippen molar-refractivity contribution in [2.75, 3.05) is 4.90 Å². The Bertz CT molecular complexity index is 3700. The molecule has 0 spiro atoms. The van der Waals surface area contributed by atoms with E-state index >= 15 is 0 Å². The van der Waals surface area contributed by atoms with Crippen LogP contribution >= 0.6 is 0 Å². The second-order valence-electron chi connectivity index (χ2n) is 19.3. The molecule has 324 valence electrons. The number of benzene rings is 10. The summed E-state index contributed by atoms with van der Waals surface area (Å²) in [5.41, 5.74) is 24.1. The minimum Gasteiger partial charge on any atom is -0.310 e. The Balaban J connectivity index is 1.10. The molecule has 10 aromatic carbocycles. The van der Waals surface area contributed by atoms with E-state index in [1.54, 1.807) is 0 Å². The van der Waals surface area contributed by atoms with E-state index in [2.05, 4.69) is 268 Å². The maximum atomic E-state index is 2.52. The van der Waals surface area contributed by atoms with Crippen molar-refractivity contribution in [1.82, 2.24) is 4.57 Å². The Morgan fingerprint density at radius 1 is 0.353 bits per heavy atom. The Kier molecular flexibility index (Phi) is 8.95. The van der Waals surface area contributed by atoms with Crippen molar-refractivity contribution >= 4 is 38.9 Å². The molecule has 0 amide bonds. The van der Waals surface area contributed by atoms with Gasteiger partial charge in [-0.1, -0.05) is 190 Å². The van der Waals surface area contributed by atoms with E-state index in [0.717, 1.165) is 17.1 Å². The van der Waals surface area contributed by atoms with Crippen LogP contribution in [-0.2, 0) is 10.8 Å². The minimum atomic E-state index is -0.629. The molecular formula is C66H50N2. The Morgan fingerprint density at radius 2 is 0.838 bits per heavy atom. The molecule has 0 fully saturated rings. The molecule has 68 heavy (non-hydrogen) atoms. The zero-order chi connectivity index (χ0) is 45.7.